The van der Waals surface area contributed by atoms with Crippen LogP contribution in [0.3, 0.4) is 0 Å². The van der Waals surface area contributed by atoms with Crippen LogP contribution < -0.4 is 10.6 Å². The Kier molecular flexibility index (Phi) is 6.31. The maximum Gasteiger partial charge on any atom is 0.306 e. The van der Waals surface area contributed by atoms with Gasteiger partial charge in [-0.1, -0.05) is 6.92 Å². The molecule has 0 spiro atoms. The van der Waals surface area contributed by atoms with E-state index >= 15 is 0 Å². The molecule has 9 heteroatoms. The molecule has 0 fully saturated rings. The van der Waals surface area contributed by atoms with Crippen molar-refractivity contribution in [2.24, 2.45) is 0 Å². The first kappa shape index (κ1) is 16.6. The van der Waals surface area contributed by atoms with Crippen molar-refractivity contribution in [2.75, 3.05) is 6.54 Å². The summed E-state index contributed by atoms with van der Waals surface area (Å²) in [6, 6.07) is -0.615. The Hall–Kier alpha value is -2.45. The molecule has 0 saturated heterocycles. The van der Waals surface area contributed by atoms with Crippen LogP contribution in [-0.4, -0.2) is 39.1 Å². The molecule has 1 atom stereocenters. The highest BCUT2D eigenvalue weighted by Crippen LogP contribution is 2.07. The highest BCUT2D eigenvalue weighted by molar-refractivity contribution is 5.87. The van der Waals surface area contributed by atoms with Gasteiger partial charge in [0.05, 0.1) is 4.92 Å². The lowest BCUT2D eigenvalue weighted by atomic mass is 10.3. The maximum atomic E-state index is 11.7. The fraction of sp³-hybridized carbons (Fsp3) is 0.583. The molecular weight excluding hydrogens is 278 g/mol. The second-order valence-corrected chi connectivity index (χ2v) is 4.55. The maximum absolute atomic E-state index is 11.7. The van der Waals surface area contributed by atoms with Crippen LogP contribution >= 0.6 is 0 Å². The zero-order valence-corrected chi connectivity index (χ0v) is 12.0. The molecule has 1 rings (SSSR count). The van der Waals surface area contributed by atoms with Crippen LogP contribution in [0.1, 0.15) is 26.7 Å². The van der Waals surface area contributed by atoms with Crippen molar-refractivity contribution < 1.29 is 14.5 Å². The van der Waals surface area contributed by atoms with Gasteiger partial charge in [0, 0.05) is 19.5 Å². The van der Waals surface area contributed by atoms with Gasteiger partial charge in [-0.05, 0) is 13.3 Å². The Balaban J connectivity index is 2.36. The minimum absolute atomic E-state index is 0.0875. The van der Waals surface area contributed by atoms with E-state index in [4.69, 9.17) is 0 Å². The first-order chi connectivity index (χ1) is 9.93. The minimum Gasteiger partial charge on any atom is -0.354 e. The summed E-state index contributed by atoms with van der Waals surface area (Å²) in [5.41, 5.74) is -0.122. The van der Waals surface area contributed by atoms with Gasteiger partial charge in [-0.15, -0.1) is 0 Å². The predicted molar refractivity (Wildman–Crippen MR) is 74.4 cm³/mol. The van der Waals surface area contributed by atoms with Gasteiger partial charge in [0.15, 0.2) is 0 Å². The summed E-state index contributed by atoms with van der Waals surface area (Å²) in [5.74, 6) is -0.549. The summed E-state index contributed by atoms with van der Waals surface area (Å²) in [4.78, 5) is 33.2. The third-order valence-corrected chi connectivity index (χ3v) is 2.72. The van der Waals surface area contributed by atoms with Crippen molar-refractivity contribution >= 4 is 17.5 Å². The summed E-state index contributed by atoms with van der Waals surface area (Å²) >= 11 is 0. The SMILES string of the molecule is CCCNC(=O)[C@@H](C)NC(=O)CCn1cc([N+](=O)[O-])cn1. The number of nitrogens with one attached hydrogen (secondary N) is 2. The number of amides is 2. The van der Waals surface area contributed by atoms with Crippen LogP contribution in [0.4, 0.5) is 5.69 Å². The first-order valence-corrected chi connectivity index (χ1v) is 6.68. The number of rotatable bonds is 8. The molecule has 0 saturated carbocycles. The number of nitrogens with zero attached hydrogens (tertiary/aromatic N) is 3. The molecule has 2 amide bonds. The van der Waals surface area contributed by atoms with Crippen LogP contribution in [0.2, 0.25) is 0 Å². The second-order valence-electron chi connectivity index (χ2n) is 4.55. The number of aryl methyl sites for hydroxylation is 1. The van der Waals surface area contributed by atoms with Gasteiger partial charge in [-0.2, -0.15) is 5.10 Å². The third kappa shape index (κ3) is 5.59. The molecular formula is C12H19N5O4. The Bertz CT molecular complexity index is 514. The lowest BCUT2D eigenvalue weighted by Crippen LogP contribution is -2.45. The summed E-state index contributed by atoms with van der Waals surface area (Å²) in [5, 5.41) is 19.5. The highest BCUT2D eigenvalue weighted by atomic mass is 16.6. The average molecular weight is 297 g/mol. The molecule has 0 radical (unpaired) electrons. The molecule has 0 unspecified atom stereocenters. The average Bonchev–Trinajstić information content (AvgIpc) is 2.91. The quantitative estimate of drug-likeness (QED) is 0.525. The van der Waals surface area contributed by atoms with Gasteiger partial charge in [-0.3, -0.25) is 24.4 Å². The van der Waals surface area contributed by atoms with E-state index in [1.807, 2.05) is 6.92 Å². The Morgan fingerprint density at radius 1 is 1.52 bits per heavy atom. The number of hydrogen-bond donors (Lipinski definition) is 2. The second kappa shape index (κ2) is 7.98. The summed E-state index contributed by atoms with van der Waals surface area (Å²) in [6.45, 7) is 4.31. The molecule has 1 heterocycles. The van der Waals surface area contributed by atoms with Crippen LogP contribution in [0.25, 0.3) is 0 Å². The Morgan fingerprint density at radius 3 is 2.81 bits per heavy atom. The molecule has 9 nitrogen and oxygen atoms in total. The van der Waals surface area contributed by atoms with E-state index < -0.39 is 11.0 Å². The number of hydrogen-bond acceptors (Lipinski definition) is 5. The van der Waals surface area contributed by atoms with Crippen LogP contribution in [0.15, 0.2) is 12.4 Å². The van der Waals surface area contributed by atoms with E-state index in [0.29, 0.717) is 6.54 Å². The van der Waals surface area contributed by atoms with Crippen LogP contribution in [-0.2, 0) is 16.1 Å². The summed E-state index contributed by atoms with van der Waals surface area (Å²) < 4.78 is 1.32. The highest BCUT2D eigenvalue weighted by Gasteiger charge is 2.15. The monoisotopic (exact) mass is 297 g/mol. The van der Waals surface area contributed by atoms with E-state index in [1.54, 1.807) is 6.92 Å². The van der Waals surface area contributed by atoms with Crippen molar-refractivity contribution in [3.05, 3.63) is 22.5 Å². The molecule has 0 bridgehead atoms. The smallest absolute Gasteiger partial charge is 0.306 e. The van der Waals surface area contributed by atoms with Gasteiger partial charge in [-0.25, -0.2) is 0 Å². The van der Waals surface area contributed by atoms with Crippen molar-refractivity contribution in [1.82, 2.24) is 20.4 Å². The standard InChI is InChI=1S/C12H19N5O4/c1-3-5-13-12(19)9(2)15-11(18)4-6-16-8-10(7-14-16)17(20)21/h7-9H,3-6H2,1-2H3,(H,13,19)(H,15,18)/t9-/m1/s1. The fourth-order valence-electron chi connectivity index (χ4n) is 1.57. The van der Waals surface area contributed by atoms with Crippen molar-refractivity contribution in [2.45, 2.75) is 39.3 Å². The summed E-state index contributed by atoms with van der Waals surface area (Å²) in [7, 11) is 0. The Labute approximate surface area is 121 Å². The molecule has 0 aliphatic heterocycles. The van der Waals surface area contributed by atoms with E-state index in [0.717, 1.165) is 12.6 Å². The number of carbonyl (C=O) groups is 2. The zero-order valence-electron chi connectivity index (χ0n) is 12.0. The third-order valence-electron chi connectivity index (χ3n) is 2.72. The van der Waals surface area contributed by atoms with Crippen LogP contribution in [0.5, 0.6) is 0 Å². The lowest BCUT2D eigenvalue weighted by Gasteiger charge is -2.13. The minimum atomic E-state index is -0.615. The predicted octanol–water partition coefficient (Wildman–Crippen LogP) is 0.212. The van der Waals surface area contributed by atoms with E-state index in [2.05, 4.69) is 15.7 Å². The molecule has 0 aliphatic rings. The molecule has 2 N–H and O–H groups in total. The van der Waals surface area contributed by atoms with E-state index in [9.17, 15) is 19.7 Å². The van der Waals surface area contributed by atoms with E-state index in [-0.39, 0.29) is 30.5 Å². The molecule has 1 aromatic heterocycles. The summed E-state index contributed by atoms with van der Waals surface area (Å²) in [6.07, 6.45) is 3.29. The molecule has 0 aromatic carbocycles. The van der Waals surface area contributed by atoms with Gasteiger partial charge in [0.25, 0.3) is 0 Å². The molecule has 116 valence electrons. The molecule has 1 aromatic rings. The number of carbonyl (C=O) groups excluding carboxylic acids is 2. The lowest BCUT2D eigenvalue weighted by molar-refractivity contribution is -0.385. The van der Waals surface area contributed by atoms with Gasteiger partial charge >= 0.3 is 5.69 Å². The van der Waals surface area contributed by atoms with Crippen molar-refractivity contribution in [3.63, 3.8) is 0 Å². The number of aromatic nitrogens is 2. The normalized spacial score (nSPS) is 11.7. The molecule has 0 aliphatic carbocycles. The Morgan fingerprint density at radius 2 is 2.24 bits per heavy atom. The van der Waals surface area contributed by atoms with Crippen molar-refractivity contribution in [3.8, 4) is 0 Å². The molecule has 21 heavy (non-hydrogen) atoms. The zero-order chi connectivity index (χ0) is 15.8. The largest absolute Gasteiger partial charge is 0.354 e. The van der Waals surface area contributed by atoms with Gasteiger partial charge < -0.3 is 10.6 Å². The van der Waals surface area contributed by atoms with Gasteiger partial charge in [0.2, 0.25) is 11.8 Å². The topological polar surface area (TPSA) is 119 Å². The van der Waals surface area contributed by atoms with Crippen molar-refractivity contribution in [1.29, 1.82) is 0 Å². The number of nitro groups is 1. The van der Waals surface area contributed by atoms with Gasteiger partial charge in [0.1, 0.15) is 18.4 Å². The fourth-order valence-corrected chi connectivity index (χ4v) is 1.57. The first-order valence-electron chi connectivity index (χ1n) is 6.68. The van der Waals surface area contributed by atoms with Crippen LogP contribution in [0, 0.1) is 10.1 Å². The van der Waals surface area contributed by atoms with E-state index in [1.165, 1.54) is 10.9 Å².